The highest BCUT2D eigenvalue weighted by Gasteiger charge is 2.16. The first kappa shape index (κ1) is 15.1. The Hall–Kier alpha value is -2.81. The molecule has 23 heavy (non-hydrogen) atoms. The van der Waals surface area contributed by atoms with Crippen LogP contribution in [0.2, 0.25) is 0 Å². The van der Waals surface area contributed by atoms with E-state index in [1.165, 1.54) is 23.4 Å². The average molecular weight is 306 g/mol. The van der Waals surface area contributed by atoms with Gasteiger partial charge in [0.1, 0.15) is 11.3 Å². The lowest BCUT2D eigenvalue weighted by Crippen LogP contribution is -2.06. The third kappa shape index (κ3) is 3.04. The molecule has 0 aliphatic heterocycles. The second-order valence-electron chi connectivity index (χ2n) is 5.44. The molecule has 0 heterocycles. The molecule has 116 valence electrons. The van der Waals surface area contributed by atoms with Crippen molar-refractivity contribution in [2.24, 2.45) is 0 Å². The number of rotatable bonds is 5. The van der Waals surface area contributed by atoms with E-state index in [4.69, 9.17) is 4.74 Å². The monoisotopic (exact) mass is 306 g/mol. The SMILES string of the molecule is COc1cccc(CCc2cccc3ccccc23)c1C(=O)O. The van der Waals surface area contributed by atoms with Gasteiger partial charge in [-0.3, -0.25) is 0 Å². The molecule has 1 N–H and O–H groups in total. The van der Waals surface area contributed by atoms with Crippen LogP contribution in [0.25, 0.3) is 10.8 Å². The highest BCUT2D eigenvalue weighted by atomic mass is 16.5. The molecule has 3 aromatic rings. The fourth-order valence-electron chi connectivity index (χ4n) is 2.98. The number of carboxylic acids is 1. The molecule has 0 radical (unpaired) electrons. The maximum atomic E-state index is 11.5. The zero-order chi connectivity index (χ0) is 16.2. The van der Waals surface area contributed by atoms with Gasteiger partial charge in [0.25, 0.3) is 0 Å². The Morgan fingerprint density at radius 1 is 0.913 bits per heavy atom. The van der Waals surface area contributed by atoms with Crippen molar-refractivity contribution in [3.63, 3.8) is 0 Å². The van der Waals surface area contributed by atoms with E-state index in [0.717, 1.165) is 12.0 Å². The van der Waals surface area contributed by atoms with Crippen LogP contribution in [0.4, 0.5) is 0 Å². The maximum Gasteiger partial charge on any atom is 0.339 e. The van der Waals surface area contributed by atoms with Crippen LogP contribution in [0.1, 0.15) is 21.5 Å². The van der Waals surface area contributed by atoms with Gasteiger partial charge in [0.05, 0.1) is 7.11 Å². The summed E-state index contributed by atoms with van der Waals surface area (Å²) in [5.41, 5.74) is 2.28. The predicted octanol–water partition coefficient (Wildman–Crippen LogP) is 4.33. The Balaban J connectivity index is 1.93. The van der Waals surface area contributed by atoms with Crippen molar-refractivity contribution >= 4 is 16.7 Å². The first-order chi connectivity index (χ1) is 11.2. The van der Waals surface area contributed by atoms with E-state index < -0.39 is 5.97 Å². The summed E-state index contributed by atoms with van der Waals surface area (Å²) in [6, 6.07) is 19.9. The van der Waals surface area contributed by atoms with Gasteiger partial charge < -0.3 is 9.84 Å². The summed E-state index contributed by atoms with van der Waals surface area (Å²) < 4.78 is 5.19. The molecule has 0 saturated heterocycles. The number of aryl methyl sites for hydroxylation is 2. The van der Waals surface area contributed by atoms with E-state index in [0.29, 0.717) is 12.2 Å². The number of carbonyl (C=O) groups is 1. The summed E-state index contributed by atoms with van der Waals surface area (Å²) in [5, 5.41) is 11.9. The smallest absolute Gasteiger partial charge is 0.339 e. The minimum atomic E-state index is -0.949. The second kappa shape index (κ2) is 6.53. The normalized spacial score (nSPS) is 10.7. The summed E-state index contributed by atoms with van der Waals surface area (Å²) in [7, 11) is 1.50. The van der Waals surface area contributed by atoms with E-state index in [1.54, 1.807) is 6.07 Å². The van der Waals surface area contributed by atoms with Crippen LogP contribution < -0.4 is 4.74 Å². The van der Waals surface area contributed by atoms with Crippen LogP contribution in [-0.4, -0.2) is 18.2 Å². The molecular formula is C20H18O3. The van der Waals surface area contributed by atoms with Gasteiger partial charge in [-0.2, -0.15) is 0 Å². The molecule has 0 aromatic heterocycles. The molecule has 0 spiro atoms. The van der Waals surface area contributed by atoms with Gasteiger partial charge in [0, 0.05) is 0 Å². The summed E-state index contributed by atoms with van der Waals surface area (Å²) in [6.45, 7) is 0. The third-order valence-electron chi connectivity index (χ3n) is 4.09. The summed E-state index contributed by atoms with van der Waals surface area (Å²) >= 11 is 0. The fourth-order valence-corrected chi connectivity index (χ4v) is 2.98. The van der Waals surface area contributed by atoms with Crippen molar-refractivity contribution in [1.29, 1.82) is 0 Å². The Morgan fingerprint density at radius 2 is 1.57 bits per heavy atom. The second-order valence-corrected chi connectivity index (χ2v) is 5.44. The zero-order valence-electron chi connectivity index (χ0n) is 13.0. The molecule has 0 unspecified atom stereocenters. The quantitative estimate of drug-likeness (QED) is 0.763. The number of fused-ring (bicyclic) bond motifs is 1. The minimum absolute atomic E-state index is 0.259. The van der Waals surface area contributed by atoms with E-state index in [2.05, 4.69) is 24.3 Å². The van der Waals surface area contributed by atoms with Crippen LogP contribution in [-0.2, 0) is 12.8 Å². The van der Waals surface area contributed by atoms with Crippen LogP contribution >= 0.6 is 0 Å². The number of benzene rings is 3. The van der Waals surface area contributed by atoms with Gasteiger partial charge in [-0.05, 0) is 40.8 Å². The van der Waals surface area contributed by atoms with E-state index in [9.17, 15) is 9.90 Å². The van der Waals surface area contributed by atoms with Crippen molar-refractivity contribution in [3.05, 3.63) is 77.4 Å². The van der Waals surface area contributed by atoms with Crippen molar-refractivity contribution < 1.29 is 14.6 Å². The highest BCUT2D eigenvalue weighted by Crippen LogP contribution is 2.25. The van der Waals surface area contributed by atoms with Gasteiger partial charge in [0.15, 0.2) is 0 Å². The Kier molecular flexibility index (Phi) is 4.29. The number of hydrogen-bond donors (Lipinski definition) is 1. The Bertz CT molecular complexity index is 847. The van der Waals surface area contributed by atoms with Gasteiger partial charge in [-0.25, -0.2) is 4.79 Å². The molecular weight excluding hydrogens is 288 g/mol. The average Bonchev–Trinajstić information content (AvgIpc) is 2.59. The van der Waals surface area contributed by atoms with Crippen molar-refractivity contribution in [2.75, 3.05) is 7.11 Å². The number of ether oxygens (including phenoxy) is 1. The predicted molar refractivity (Wildman–Crippen MR) is 91.3 cm³/mol. The molecule has 0 saturated carbocycles. The molecule has 0 atom stereocenters. The van der Waals surface area contributed by atoms with Gasteiger partial charge in [-0.1, -0.05) is 54.6 Å². The molecule has 3 heteroatoms. The minimum Gasteiger partial charge on any atom is -0.496 e. The maximum absolute atomic E-state index is 11.5. The Labute approximate surface area is 135 Å². The van der Waals surface area contributed by atoms with Crippen LogP contribution in [0.5, 0.6) is 5.75 Å². The molecule has 0 bridgehead atoms. The summed E-state index contributed by atoms with van der Waals surface area (Å²) in [4.78, 5) is 11.5. The lowest BCUT2D eigenvalue weighted by molar-refractivity contribution is 0.0692. The van der Waals surface area contributed by atoms with Gasteiger partial charge >= 0.3 is 5.97 Å². The van der Waals surface area contributed by atoms with E-state index in [1.807, 2.05) is 30.3 Å². The molecule has 3 rings (SSSR count). The largest absolute Gasteiger partial charge is 0.496 e. The summed E-state index contributed by atoms with van der Waals surface area (Å²) in [5.74, 6) is -0.539. The summed E-state index contributed by atoms with van der Waals surface area (Å²) in [6.07, 6.45) is 1.45. The van der Waals surface area contributed by atoms with Crippen molar-refractivity contribution in [3.8, 4) is 5.75 Å². The standard InChI is InChI=1S/C20H18O3/c1-23-18-11-5-9-16(19(18)20(21)22)13-12-15-8-4-7-14-6-2-3-10-17(14)15/h2-11H,12-13H2,1H3,(H,21,22). The third-order valence-corrected chi connectivity index (χ3v) is 4.09. The molecule has 3 aromatic carbocycles. The molecule has 0 aliphatic carbocycles. The fraction of sp³-hybridized carbons (Fsp3) is 0.150. The van der Waals surface area contributed by atoms with Gasteiger partial charge in [-0.15, -0.1) is 0 Å². The first-order valence-electron chi connectivity index (χ1n) is 7.56. The van der Waals surface area contributed by atoms with Crippen LogP contribution in [0.3, 0.4) is 0 Å². The Morgan fingerprint density at radius 3 is 2.35 bits per heavy atom. The zero-order valence-corrected chi connectivity index (χ0v) is 13.0. The van der Waals surface area contributed by atoms with Gasteiger partial charge in [0.2, 0.25) is 0 Å². The topological polar surface area (TPSA) is 46.5 Å². The molecule has 0 aliphatic rings. The van der Waals surface area contributed by atoms with E-state index >= 15 is 0 Å². The number of carboxylic acid groups (broad SMARTS) is 1. The number of hydrogen-bond acceptors (Lipinski definition) is 2. The molecule has 0 amide bonds. The van der Waals surface area contributed by atoms with Crippen molar-refractivity contribution in [2.45, 2.75) is 12.8 Å². The molecule has 3 nitrogen and oxygen atoms in total. The van der Waals surface area contributed by atoms with Crippen molar-refractivity contribution in [1.82, 2.24) is 0 Å². The lowest BCUT2D eigenvalue weighted by atomic mass is 9.96. The van der Waals surface area contributed by atoms with E-state index in [-0.39, 0.29) is 5.56 Å². The lowest BCUT2D eigenvalue weighted by Gasteiger charge is -2.11. The van der Waals surface area contributed by atoms with Crippen LogP contribution in [0.15, 0.2) is 60.7 Å². The van der Waals surface area contributed by atoms with Crippen LogP contribution in [0, 0.1) is 0 Å². The molecule has 0 fully saturated rings. The number of aromatic carboxylic acids is 1. The highest BCUT2D eigenvalue weighted by molar-refractivity contribution is 5.92. The first-order valence-corrected chi connectivity index (χ1v) is 7.56. The number of methoxy groups -OCH3 is 1.